The van der Waals surface area contributed by atoms with Gasteiger partial charge in [0.1, 0.15) is 15.7 Å². The molecule has 2 N–H and O–H groups in total. The van der Waals surface area contributed by atoms with Gasteiger partial charge in [0.05, 0.1) is 10.9 Å². The summed E-state index contributed by atoms with van der Waals surface area (Å²) in [4.78, 5) is 23.4. The molecular formula is C17H9Cl3F3NO3. The number of alkyl halides is 2. The Labute approximate surface area is 165 Å². The van der Waals surface area contributed by atoms with Gasteiger partial charge in [-0.15, -0.1) is 23.2 Å². The summed E-state index contributed by atoms with van der Waals surface area (Å²) < 4.78 is 38.8. The topological polar surface area (TPSA) is 66.4 Å². The highest BCUT2D eigenvalue weighted by atomic mass is 35.5. The zero-order chi connectivity index (χ0) is 20.1. The molecule has 27 heavy (non-hydrogen) atoms. The summed E-state index contributed by atoms with van der Waals surface area (Å²) in [6.45, 7) is 0. The number of amides is 1. The molecule has 4 nitrogen and oxygen atoms in total. The molecule has 0 aromatic heterocycles. The first-order valence-corrected chi connectivity index (χ1v) is 8.53. The Bertz CT molecular complexity index is 968. The van der Waals surface area contributed by atoms with Gasteiger partial charge in [-0.3, -0.25) is 4.79 Å². The molecule has 1 aliphatic rings. The Hall–Kier alpha value is -1.96. The smallest absolute Gasteiger partial charge is 0.338 e. The van der Waals surface area contributed by atoms with Gasteiger partial charge in [0.25, 0.3) is 0 Å². The Morgan fingerprint density at radius 2 is 1.74 bits per heavy atom. The van der Waals surface area contributed by atoms with Crippen LogP contribution in [0.2, 0.25) is 5.02 Å². The normalized spacial score (nSPS) is 20.2. The largest absolute Gasteiger partial charge is 0.478 e. The van der Waals surface area contributed by atoms with Crippen LogP contribution in [0.15, 0.2) is 30.3 Å². The number of nitrogens with one attached hydrogen (secondary N) is 1. The molecule has 2 aromatic rings. The molecule has 1 aliphatic carbocycles. The number of carboxylic acids is 1. The second-order valence-corrected chi connectivity index (χ2v) is 7.77. The van der Waals surface area contributed by atoms with Crippen LogP contribution in [0.1, 0.15) is 21.8 Å². The lowest BCUT2D eigenvalue weighted by Crippen LogP contribution is -2.18. The fraction of sp³-hybridized carbons (Fsp3) is 0.176. The second kappa shape index (κ2) is 6.89. The molecule has 10 heteroatoms. The number of aromatic carboxylic acids is 1. The van der Waals surface area contributed by atoms with Gasteiger partial charge in [0.2, 0.25) is 5.91 Å². The number of rotatable bonds is 4. The lowest BCUT2D eigenvalue weighted by molar-refractivity contribution is -0.117. The number of hydrogen-bond donors (Lipinski definition) is 2. The third kappa shape index (κ3) is 3.59. The maximum absolute atomic E-state index is 13.6. The van der Waals surface area contributed by atoms with Gasteiger partial charge in [0.15, 0.2) is 11.6 Å². The number of hydrogen-bond acceptors (Lipinski definition) is 2. The lowest BCUT2D eigenvalue weighted by atomic mass is 10.1. The van der Waals surface area contributed by atoms with Crippen LogP contribution in [-0.4, -0.2) is 21.3 Å². The summed E-state index contributed by atoms with van der Waals surface area (Å²) in [5.74, 6) is -7.79. The van der Waals surface area contributed by atoms with E-state index in [0.29, 0.717) is 11.6 Å². The molecule has 1 saturated carbocycles. The van der Waals surface area contributed by atoms with Crippen molar-refractivity contribution in [2.24, 2.45) is 5.92 Å². The molecule has 0 heterocycles. The van der Waals surface area contributed by atoms with Crippen LogP contribution in [0, 0.1) is 23.4 Å². The van der Waals surface area contributed by atoms with Gasteiger partial charge < -0.3 is 10.4 Å². The Kier molecular flexibility index (Phi) is 5.05. The van der Waals surface area contributed by atoms with Crippen LogP contribution < -0.4 is 5.32 Å². The van der Waals surface area contributed by atoms with E-state index in [1.54, 1.807) is 0 Å². The van der Waals surface area contributed by atoms with Crippen molar-refractivity contribution in [2.75, 3.05) is 5.32 Å². The van der Waals surface area contributed by atoms with Crippen LogP contribution in [0.25, 0.3) is 0 Å². The Balaban J connectivity index is 1.84. The quantitative estimate of drug-likeness (QED) is 0.662. The minimum atomic E-state index is -1.70. The number of anilines is 1. The van der Waals surface area contributed by atoms with Crippen molar-refractivity contribution in [3.63, 3.8) is 0 Å². The SMILES string of the molecule is O=C(O)c1cc(NC(=O)[C@H]2[C@H](c3ccc(F)c(Cl)c3)C2(Cl)Cl)cc(F)c1F. The van der Waals surface area contributed by atoms with E-state index < -0.39 is 51.1 Å². The summed E-state index contributed by atoms with van der Waals surface area (Å²) >= 11 is 18.0. The molecule has 2 atom stereocenters. The van der Waals surface area contributed by atoms with E-state index in [9.17, 15) is 22.8 Å². The van der Waals surface area contributed by atoms with Crippen LogP contribution in [0.5, 0.6) is 0 Å². The third-order valence-electron chi connectivity index (χ3n) is 4.16. The van der Waals surface area contributed by atoms with E-state index in [0.717, 1.165) is 12.1 Å². The first-order valence-electron chi connectivity index (χ1n) is 7.40. The maximum Gasteiger partial charge on any atom is 0.338 e. The van der Waals surface area contributed by atoms with Gasteiger partial charge in [-0.1, -0.05) is 17.7 Å². The lowest BCUT2D eigenvalue weighted by Gasteiger charge is -2.08. The van der Waals surface area contributed by atoms with E-state index in [4.69, 9.17) is 39.9 Å². The molecule has 0 radical (unpaired) electrons. The van der Waals surface area contributed by atoms with E-state index >= 15 is 0 Å². The standard InChI is InChI=1S/C17H9Cl3F3NO3/c18-9-3-6(1-2-10(9)21)12-13(17(12,19)20)15(25)24-7-4-8(16(26)27)14(23)11(22)5-7/h1-5,12-13H,(H,24,25)(H,26,27)/t12-,13+/m0/s1. The molecular weight excluding hydrogens is 430 g/mol. The highest BCUT2D eigenvalue weighted by Gasteiger charge is 2.67. The highest BCUT2D eigenvalue weighted by molar-refractivity contribution is 6.53. The first-order chi connectivity index (χ1) is 12.5. The highest BCUT2D eigenvalue weighted by Crippen LogP contribution is 2.65. The van der Waals surface area contributed by atoms with Crippen molar-refractivity contribution in [2.45, 2.75) is 10.3 Å². The van der Waals surface area contributed by atoms with Crippen molar-refractivity contribution in [3.05, 3.63) is 63.9 Å². The number of benzene rings is 2. The molecule has 0 unspecified atom stereocenters. The molecule has 142 valence electrons. The number of halogens is 6. The second-order valence-electron chi connectivity index (χ2n) is 5.92. The van der Waals surface area contributed by atoms with Gasteiger partial charge in [0, 0.05) is 17.7 Å². The molecule has 0 bridgehead atoms. The number of carboxylic acid groups (broad SMARTS) is 1. The third-order valence-corrected chi connectivity index (χ3v) is 5.39. The Morgan fingerprint density at radius 1 is 1.07 bits per heavy atom. The first kappa shape index (κ1) is 19.8. The Morgan fingerprint density at radius 3 is 2.33 bits per heavy atom. The molecule has 0 spiro atoms. The minimum Gasteiger partial charge on any atom is -0.478 e. The minimum absolute atomic E-state index is 0.172. The van der Waals surface area contributed by atoms with E-state index in [2.05, 4.69) is 5.32 Å². The molecule has 3 rings (SSSR count). The van der Waals surface area contributed by atoms with Gasteiger partial charge in [-0.05, 0) is 23.8 Å². The van der Waals surface area contributed by atoms with E-state index in [-0.39, 0.29) is 10.7 Å². The van der Waals surface area contributed by atoms with E-state index in [1.165, 1.54) is 12.1 Å². The van der Waals surface area contributed by atoms with Crippen LogP contribution in [0.4, 0.5) is 18.9 Å². The predicted molar refractivity (Wildman–Crippen MR) is 94.0 cm³/mol. The summed E-state index contributed by atoms with van der Waals surface area (Å²) in [7, 11) is 0. The maximum atomic E-state index is 13.6. The predicted octanol–water partition coefficient (Wildman–Crippen LogP) is 4.98. The monoisotopic (exact) mass is 437 g/mol. The summed E-state index contributed by atoms with van der Waals surface area (Å²) in [6, 6.07) is 5.17. The van der Waals surface area contributed by atoms with Gasteiger partial charge >= 0.3 is 5.97 Å². The van der Waals surface area contributed by atoms with Crippen molar-refractivity contribution < 1.29 is 27.9 Å². The van der Waals surface area contributed by atoms with Gasteiger partial charge in [-0.25, -0.2) is 18.0 Å². The summed E-state index contributed by atoms with van der Waals surface area (Å²) in [5.41, 5.74) is -0.794. The van der Waals surface area contributed by atoms with Crippen molar-refractivity contribution in [3.8, 4) is 0 Å². The average molecular weight is 439 g/mol. The molecule has 1 fully saturated rings. The van der Waals surface area contributed by atoms with Crippen LogP contribution in [0.3, 0.4) is 0 Å². The fourth-order valence-corrected chi connectivity index (χ4v) is 3.83. The zero-order valence-corrected chi connectivity index (χ0v) is 15.3. The van der Waals surface area contributed by atoms with Crippen LogP contribution >= 0.6 is 34.8 Å². The van der Waals surface area contributed by atoms with Crippen LogP contribution in [-0.2, 0) is 4.79 Å². The van der Waals surface area contributed by atoms with Gasteiger partial charge in [-0.2, -0.15) is 0 Å². The fourth-order valence-electron chi connectivity index (χ4n) is 2.81. The van der Waals surface area contributed by atoms with Crippen molar-refractivity contribution in [1.82, 2.24) is 0 Å². The van der Waals surface area contributed by atoms with E-state index in [1.807, 2.05) is 0 Å². The molecule has 0 aliphatic heterocycles. The molecule has 2 aromatic carbocycles. The number of carbonyl (C=O) groups excluding carboxylic acids is 1. The average Bonchev–Trinajstić information content (AvgIpc) is 3.15. The zero-order valence-electron chi connectivity index (χ0n) is 13.1. The molecule has 1 amide bonds. The van der Waals surface area contributed by atoms with Crippen molar-refractivity contribution >= 4 is 52.4 Å². The summed E-state index contributed by atoms with van der Waals surface area (Å²) in [5, 5.41) is 11.0. The van der Waals surface area contributed by atoms with Crippen molar-refractivity contribution in [1.29, 1.82) is 0 Å². The number of carbonyl (C=O) groups is 2. The molecule has 0 saturated heterocycles. The summed E-state index contributed by atoms with van der Waals surface area (Å²) in [6.07, 6.45) is 0.